The third kappa shape index (κ3) is 5.20. The molecule has 0 spiro atoms. The lowest BCUT2D eigenvalue weighted by Gasteiger charge is -2.17. The fraction of sp³-hybridized carbons (Fsp3) is 0.571. The van der Waals surface area contributed by atoms with Gasteiger partial charge in [-0.2, -0.15) is 0 Å². The first kappa shape index (κ1) is 14.0. The summed E-state index contributed by atoms with van der Waals surface area (Å²) in [5.41, 5.74) is 7.25. The highest BCUT2D eigenvalue weighted by Crippen LogP contribution is 2.20. The summed E-state index contributed by atoms with van der Waals surface area (Å²) in [6.45, 7) is 5.75. The second-order valence-corrected chi connectivity index (χ2v) is 5.06. The molecule has 0 saturated carbocycles. The molecule has 0 heterocycles. The predicted octanol–water partition coefficient (Wildman–Crippen LogP) is 2.08. The molecule has 96 valence electrons. The Bertz CT molecular complexity index is 337. The van der Waals surface area contributed by atoms with E-state index in [1.54, 1.807) is 0 Å². The molecule has 1 aromatic rings. The van der Waals surface area contributed by atoms with Gasteiger partial charge in [-0.25, -0.2) is 0 Å². The molecule has 3 heteroatoms. The van der Waals surface area contributed by atoms with E-state index in [4.69, 9.17) is 10.5 Å². The highest BCUT2D eigenvalue weighted by atomic mass is 16.5. The Balaban J connectivity index is 2.49. The Morgan fingerprint density at radius 3 is 2.59 bits per heavy atom. The summed E-state index contributed by atoms with van der Waals surface area (Å²) < 4.78 is 5.71. The summed E-state index contributed by atoms with van der Waals surface area (Å²) in [5.74, 6) is 1.43. The topological polar surface area (TPSA) is 38.5 Å². The van der Waals surface area contributed by atoms with Gasteiger partial charge in [-0.15, -0.1) is 0 Å². The van der Waals surface area contributed by atoms with Gasteiger partial charge >= 0.3 is 0 Å². The number of hydrogen-bond donors (Lipinski definition) is 1. The molecule has 0 aromatic heterocycles. The monoisotopic (exact) mass is 236 g/mol. The lowest BCUT2D eigenvalue weighted by Crippen LogP contribution is -2.37. The highest BCUT2D eigenvalue weighted by molar-refractivity contribution is 5.30. The molecular weight excluding hydrogens is 212 g/mol. The number of rotatable bonds is 6. The van der Waals surface area contributed by atoms with Crippen molar-refractivity contribution in [2.24, 2.45) is 5.73 Å². The van der Waals surface area contributed by atoms with Gasteiger partial charge in [0, 0.05) is 6.54 Å². The van der Waals surface area contributed by atoms with E-state index >= 15 is 0 Å². The summed E-state index contributed by atoms with van der Waals surface area (Å²) in [7, 11) is 4.03. The lowest BCUT2D eigenvalue weighted by molar-refractivity contribution is 0.254. The van der Waals surface area contributed by atoms with Gasteiger partial charge in [0.2, 0.25) is 0 Å². The van der Waals surface area contributed by atoms with E-state index in [-0.39, 0.29) is 6.04 Å². The number of nitrogens with two attached hydrogens (primary N) is 1. The summed E-state index contributed by atoms with van der Waals surface area (Å²) >= 11 is 0. The molecule has 1 unspecified atom stereocenters. The van der Waals surface area contributed by atoms with Crippen molar-refractivity contribution in [1.82, 2.24) is 4.90 Å². The van der Waals surface area contributed by atoms with Gasteiger partial charge in [-0.1, -0.05) is 26.0 Å². The Morgan fingerprint density at radius 1 is 1.29 bits per heavy atom. The number of benzene rings is 1. The Morgan fingerprint density at radius 2 is 2.00 bits per heavy atom. The third-order valence-corrected chi connectivity index (χ3v) is 2.59. The molecule has 1 atom stereocenters. The van der Waals surface area contributed by atoms with E-state index in [2.05, 4.69) is 30.9 Å². The summed E-state index contributed by atoms with van der Waals surface area (Å²) in [6.07, 6.45) is 0. The van der Waals surface area contributed by atoms with Crippen molar-refractivity contribution in [2.45, 2.75) is 25.8 Å². The molecule has 0 amide bonds. The van der Waals surface area contributed by atoms with Crippen molar-refractivity contribution in [3.05, 3.63) is 29.8 Å². The zero-order valence-corrected chi connectivity index (χ0v) is 11.3. The van der Waals surface area contributed by atoms with Crippen LogP contribution in [0.5, 0.6) is 5.75 Å². The minimum atomic E-state index is 0.0488. The smallest absolute Gasteiger partial charge is 0.119 e. The van der Waals surface area contributed by atoms with Crippen molar-refractivity contribution in [3.8, 4) is 5.75 Å². The Kier molecular flexibility index (Phi) is 5.45. The van der Waals surface area contributed by atoms with E-state index in [0.717, 1.165) is 12.3 Å². The average molecular weight is 236 g/mol. The molecule has 17 heavy (non-hydrogen) atoms. The normalized spacial score (nSPS) is 13.1. The van der Waals surface area contributed by atoms with E-state index in [0.29, 0.717) is 12.5 Å². The predicted molar refractivity (Wildman–Crippen MR) is 72.6 cm³/mol. The minimum Gasteiger partial charge on any atom is -0.492 e. The molecule has 0 fully saturated rings. The molecule has 0 aliphatic carbocycles. The molecule has 3 nitrogen and oxygen atoms in total. The molecule has 1 aromatic carbocycles. The molecule has 2 N–H and O–H groups in total. The van der Waals surface area contributed by atoms with Crippen LogP contribution in [0.4, 0.5) is 0 Å². The Hall–Kier alpha value is -1.06. The third-order valence-electron chi connectivity index (χ3n) is 2.59. The van der Waals surface area contributed by atoms with Gasteiger partial charge in [0.1, 0.15) is 12.4 Å². The van der Waals surface area contributed by atoms with Crippen LogP contribution in [0.2, 0.25) is 0 Å². The number of hydrogen-bond acceptors (Lipinski definition) is 3. The van der Waals surface area contributed by atoms with E-state index in [1.165, 1.54) is 5.56 Å². The number of likely N-dealkylation sites (N-methyl/N-ethyl adjacent to an activating group) is 1. The quantitative estimate of drug-likeness (QED) is 0.822. The van der Waals surface area contributed by atoms with Crippen LogP contribution in [-0.4, -0.2) is 38.2 Å². The largest absolute Gasteiger partial charge is 0.492 e. The van der Waals surface area contributed by atoms with Crippen LogP contribution in [0.3, 0.4) is 0 Å². The maximum absolute atomic E-state index is 5.95. The van der Waals surface area contributed by atoms with Gasteiger partial charge in [0.25, 0.3) is 0 Å². The van der Waals surface area contributed by atoms with Crippen molar-refractivity contribution in [3.63, 3.8) is 0 Å². The van der Waals surface area contributed by atoms with Crippen molar-refractivity contribution < 1.29 is 4.74 Å². The van der Waals surface area contributed by atoms with Gasteiger partial charge in [0.15, 0.2) is 0 Å². The van der Waals surface area contributed by atoms with Crippen LogP contribution in [0.15, 0.2) is 24.3 Å². The molecule has 0 bridgehead atoms. The molecule has 0 saturated heterocycles. The first-order valence-electron chi connectivity index (χ1n) is 6.12. The zero-order valence-electron chi connectivity index (χ0n) is 11.3. The van der Waals surface area contributed by atoms with Crippen molar-refractivity contribution in [1.29, 1.82) is 0 Å². The van der Waals surface area contributed by atoms with Gasteiger partial charge < -0.3 is 15.4 Å². The average Bonchev–Trinajstić information content (AvgIpc) is 2.26. The molecule has 0 aliphatic heterocycles. The highest BCUT2D eigenvalue weighted by Gasteiger charge is 2.06. The van der Waals surface area contributed by atoms with Gasteiger partial charge in [-0.05, 0) is 37.7 Å². The van der Waals surface area contributed by atoms with Gasteiger partial charge in [0.05, 0.1) is 6.04 Å². The molecule has 0 aliphatic rings. The first-order chi connectivity index (χ1) is 7.99. The van der Waals surface area contributed by atoms with Crippen molar-refractivity contribution >= 4 is 0 Å². The summed E-state index contributed by atoms with van der Waals surface area (Å²) in [6, 6.07) is 8.27. The molecule has 0 radical (unpaired) electrons. The van der Waals surface area contributed by atoms with Crippen LogP contribution in [-0.2, 0) is 0 Å². The maximum atomic E-state index is 5.95. The summed E-state index contributed by atoms with van der Waals surface area (Å²) in [4.78, 5) is 2.07. The SMILES string of the molecule is CC(C)c1cccc(OCC(N)CN(C)C)c1. The fourth-order valence-corrected chi connectivity index (χ4v) is 1.69. The number of ether oxygens (including phenoxy) is 1. The molecule has 1 rings (SSSR count). The zero-order chi connectivity index (χ0) is 12.8. The summed E-state index contributed by atoms with van der Waals surface area (Å²) in [5, 5.41) is 0. The van der Waals surface area contributed by atoms with Crippen molar-refractivity contribution in [2.75, 3.05) is 27.2 Å². The first-order valence-corrected chi connectivity index (χ1v) is 6.12. The maximum Gasteiger partial charge on any atom is 0.119 e. The van der Waals surface area contributed by atoms with E-state index in [1.807, 2.05) is 26.2 Å². The minimum absolute atomic E-state index is 0.0488. The van der Waals surface area contributed by atoms with Crippen LogP contribution in [0.25, 0.3) is 0 Å². The van der Waals surface area contributed by atoms with E-state index < -0.39 is 0 Å². The van der Waals surface area contributed by atoms with Crippen LogP contribution >= 0.6 is 0 Å². The second-order valence-electron chi connectivity index (χ2n) is 5.06. The van der Waals surface area contributed by atoms with Crippen LogP contribution in [0, 0.1) is 0 Å². The fourth-order valence-electron chi connectivity index (χ4n) is 1.69. The van der Waals surface area contributed by atoms with Crippen LogP contribution in [0.1, 0.15) is 25.3 Å². The Labute approximate surface area is 105 Å². The molecular formula is C14H24N2O. The lowest BCUT2D eigenvalue weighted by atomic mass is 10.0. The van der Waals surface area contributed by atoms with Crippen LogP contribution < -0.4 is 10.5 Å². The van der Waals surface area contributed by atoms with E-state index in [9.17, 15) is 0 Å². The van der Waals surface area contributed by atoms with Gasteiger partial charge in [-0.3, -0.25) is 0 Å². The number of nitrogens with zero attached hydrogens (tertiary/aromatic N) is 1. The second kappa shape index (κ2) is 6.62. The standard InChI is InChI=1S/C14H24N2O/c1-11(2)12-6-5-7-14(8-12)17-10-13(15)9-16(3)4/h5-8,11,13H,9-10,15H2,1-4H3.